The fourth-order valence-electron chi connectivity index (χ4n) is 1.49. The summed E-state index contributed by atoms with van der Waals surface area (Å²) in [5.41, 5.74) is 1.66. The quantitative estimate of drug-likeness (QED) is 0.404. The van der Waals surface area contributed by atoms with Crippen LogP contribution in [0.1, 0.15) is 0 Å². The van der Waals surface area contributed by atoms with E-state index in [4.69, 9.17) is 46.4 Å². The number of hydrogen-bond acceptors (Lipinski definition) is 0. The molecule has 0 saturated heterocycles. The van der Waals surface area contributed by atoms with Gasteiger partial charge in [-0.1, -0.05) is 75.9 Å². The highest BCUT2D eigenvalue weighted by atomic mass is 35.5. The lowest BCUT2D eigenvalue weighted by molar-refractivity contribution is 1.64. The molecule has 0 fully saturated rings. The van der Waals surface area contributed by atoms with E-state index in [1.807, 2.05) is 24.3 Å². The molecule has 0 nitrogen and oxygen atoms in total. The Morgan fingerprint density at radius 3 is 2.06 bits per heavy atom. The molecule has 3 radical (unpaired) electrons. The summed E-state index contributed by atoms with van der Waals surface area (Å²) < 4.78 is 0. The van der Waals surface area contributed by atoms with E-state index in [1.165, 1.54) is 0 Å². The fourth-order valence-corrected chi connectivity index (χ4v) is 2.70. The average molecular weight is 319 g/mol. The van der Waals surface area contributed by atoms with Crippen molar-refractivity contribution < 1.29 is 0 Å². The molecule has 0 aromatic heterocycles. The molecule has 0 saturated carbocycles. The van der Waals surface area contributed by atoms with Crippen LogP contribution in [0.2, 0.25) is 20.1 Å². The summed E-state index contributed by atoms with van der Waals surface area (Å²) in [6, 6.07) is 9.37. The molecule has 0 N–H and O–H groups in total. The maximum Gasteiger partial charge on any atom is 0.0800 e. The Morgan fingerprint density at radius 1 is 0.765 bits per heavy atom. The molecule has 0 unspecified atom stereocenters. The Bertz CT molecular complexity index is 581. The van der Waals surface area contributed by atoms with Crippen molar-refractivity contribution in [3.63, 3.8) is 0 Å². The molecule has 0 aliphatic rings. The summed E-state index contributed by atoms with van der Waals surface area (Å²) in [7, 11) is 3.51. The van der Waals surface area contributed by atoms with Gasteiger partial charge in [-0.05, 0) is 11.6 Å². The molecular formula is C12H5Cl4Si. The van der Waals surface area contributed by atoms with Crippen LogP contribution >= 0.6 is 46.4 Å². The molecule has 0 bridgehead atoms. The van der Waals surface area contributed by atoms with Crippen molar-refractivity contribution in [3.8, 4) is 11.1 Å². The van der Waals surface area contributed by atoms with Gasteiger partial charge in [-0.3, -0.25) is 0 Å². The lowest BCUT2D eigenvalue weighted by Crippen LogP contribution is -2.05. The first-order valence-corrected chi connectivity index (χ1v) is 6.67. The first kappa shape index (κ1) is 13.3. The maximum atomic E-state index is 6.18. The second kappa shape index (κ2) is 5.21. The van der Waals surface area contributed by atoms with Gasteiger partial charge in [0, 0.05) is 5.56 Å². The van der Waals surface area contributed by atoms with Gasteiger partial charge in [-0.2, -0.15) is 0 Å². The first-order valence-electron chi connectivity index (χ1n) is 4.66. The Kier molecular flexibility index (Phi) is 4.06. The number of halogens is 4. The van der Waals surface area contributed by atoms with Gasteiger partial charge in [0.25, 0.3) is 0 Å². The molecule has 5 heteroatoms. The van der Waals surface area contributed by atoms with Crippen molar-refractivity contribution in [3.05, 3.63) is 50.4 Å². The van der Waals surface area contributed by atoms with Gasteiger partial charge >= 0.3 is 0 Å². The zero-order chi connectivity index (χ0) is 12.6. The van der Waals surface area contributed by atoms with Gasteiger partial charge in [-0.15, -0.1) is 0 Å². The number of hydrogen-bond donors (Lipinski definition) is 0. The molecule has 0 aliphatic carbocycles. The third-order valence-corrected chi connectivity index (χ3v) is 4.51. The normalized spacial score (nSPS) is 10.6. The summed E-state index contributed by atoms with van der Waals surface area (Å²) in [5.74, 6) is 0. The van der Waals surface area contributed by atoms with Crippen LogP contribution < -0.4 is 5.19 Å². The van der Waals surface area contributed by atoms with Crippen LogP contribution in [0.4, 0.5) is 0 Å². The van der Waals surface area contributed by atoms with E-state index >= 15 is 0 Å². The highest BCUT2D eigenvalue weighted by Gasteiger charge is 2.15. The van der Waals surface area contributed by atoms with E-state index in [1.54, 1.807) is 6.07 Å². The maximum absolute atomic E-state index is 6.18. The SMILES string of the molecule is [Si]c1ccccc1-c1cc(Cl)c(Cl)c(Cl)c1Cl. The topological polar surface area (TPSA) is 0 Å². The van der Waals surface area contributed by atoms with Crippen molar-refractivity contribution >= 4 is 61.8 Å². The second-order valence-electron chi connectivity index (χ2n) is 3.39. The Hall–Kier alpha value is -0.183. The minimum absolute atomic E-state index is 0.269. The van der Waals surface area contributed by atoms with Crippen LogP contribution in [-0.2, 0) is 0 Å². The standard InChI is InChI=1S/C12H5Cl4Si/c13-8-5-7(10(14)12(16)11(8)15)6-3-1-2-4-9(6)17/h1-5H. The third-order valence-electron chi connectivity index (χ3n) is 2.32. The minimum atomic E-state index is 0.269. The van der Waals surface area contributed by atoms with E-state index < -0.39 is 0 Å². The zero-order valence-electron chi connectivity index (χ0n) is 8.40. The molecule has 0 atom stereocenters. The van der Waals surface area contributed by atoms with Gasteiger partial charge in [0.2, 0.25) is 0 Å². The Labute approximate surface area is 123 Å². The van der Waals surface area contributed by atoms with E-state index in [-0.39, 0.29) is 10.0 Å². The zero-order valence-corrected chi connectivity index (χ0v) is 12.4. The highest BCUT2D eigenvalue weighted by molar-refractivity contribution is 6.53. The average Bonchev–Trinajstić information content (AvgIpc) is 2.32. The van der Waals surface area contributed by atoms with Crippen molar-refractivity contribution in [2.75, 3.05) is 0 Å². The van der Waals surface area contributed by atoms with Crippen molar-refractivity contribution in [2.24, 2.45) is 0 Å². The smallest absolute Gasteiger partial charge is 0.0800 e. The van der Waals surface area contributed by atoms with E-state index in [2.05, 4.69) is 10.2 Å². The van der Waals surface area contributed by atoms with E-state index in [0.29, 0.717) is 10.0 Å². The largest absolute Gasteiger partial charge is 0.0826 e. The first-order chi connectivity index (χ1) is 8.02. The third kappa shape index (κ3) is 2.49. The summed E-state index contributed by atoms with van der Waals surface area (Å²) in [5, 5.41) is 2.22. The van der Waals surface area contributed by atoms with Gasteiger partial charge in [0.1, 0.15) is 0 Å². The molecule has 2 aromatic rings. The van der Waals surface area contributed by atoms with Gasteiger partial charge in [0.05, 0.1) is 30.3 Å². The highest BCUT2D eigenvalue weighted by Crippen LogP contribution is 2.41. The number of rotatable bonds is 1. The predicted molar refractivity (Wildman–Crippen MR) is 77.3 cm³/mol. The molecule has 0 spiro atoms. The summed E-state index contributed by atoms with van der Waals surface area (Å²) in [6.45, 7) is 0. The van der Waals surface area contributed by atoms with Crippen molar-refractivity contribution in [2.45, 2.75) is 0 Å². The molecule has 2 rings (SSSR count). The van der Waals surface area contributed by atoms with E-state index in [0.717, 1.165) is 16.3 Å². The lowest BCUT2D eigenvalue weighted by Gasteiger charge is -2.11. The molecule has 0 aliphatic heterocycles. The van der Waals surface area contributed by atoms with Crippen LogP contribution in [-0.4, -0.2) is 10.2 Å². The Morgan fingerprint density at radius 2 is 1.41 bits per heavy atom. The molecule has 0 heterocycles. The monoisotopic (exact) mass is 317 g/mol. The Balaban J connectivity index is 2.73. The fraction of sp³-hybridized carbons (Fsp3) is 0. The predicted octanol–water partition coefficient (Wildman–Crippen LogP) is 4.76. The van der Waals surface area contributed by atoms with Crippen molar-refractivity contribution in [1.29, 1.82) is 0 Å². The molecule has 0 amide bonds. The molecule has 17 heavy (non-hydrogen) atoms. The van der Waals surface area contributed by atoms with Gasteiger partial charge < -0.3 is 0 Å². The lowest BCUT2D eigenvalue weighted by atomic mass is 10.1. The molecular weight excluding hydrogens is 314 g/mol. The number of benzene rings is 2. The van der Waals surface area contributed by atoms with Crippen molar-refractivity contribution in [1.82, 2.24) is 0 Å². The summed E-state index contributed by atoms with van der Waals surface area (Å²) in [4.78, 5) is 0. The van der Waals surface area contributed by atoms with Gasteiger partial charge in [0.15, 0.2) is 0 Å². The van der Waals surface area contributed by atoms with Crippen LogP contribution in [0.15, 0.2) is 30.3 Å². The summed E-state index contributed by atoms with van der Waals surface area (Å²) in [6.07, 6.45) is 0. The van der Waals surface area contributed by atoms with Crippen LogP contribution in [0, 0.1) is 0 Å². The minimum Gasteiger partial charge on any atom is -0.0826 e. The molecule has 85 valence electrons. The van der Waals surface area contributed by atoms with Gasteiger partial charge in [-0.25, -0.2) is 0 Å². The van der Waals surface area contributed by atoms with Crippen LogP contribution in [0.25, 0.3) is 11.1 Å². The second-order valence-corrected chi connectivity index (χ2v) is 5.47. The van der Waals surface area contributed by atoms with Crippen LogP contribution in [0.3, 0.4) is 0 Å². The molecule has 2 aromatic carbocycles. The summed E-state index contributed by atoms with van der Waals surface area (Å²) >= 11 is 24.1. The van der Waals surface area contributed by atoms with Crippen LogP contribution in [0.5, 0.6) is 0 Å². The van der Waals surface area contributed by atoms with E-state index in [9.17, 15) is 0 Å².